The molecule has 1 amide bonds. The van der Waals surface area contributed by atoms with Gasteiger partial charge in [0.15, 0.2) is 15.5 Å². The molecular weight excluding hydrogens is 429 g/mol. The Bertz CT molecular complexity index is 1190. The number of benzene rings is 1. The molecule has 0 spiro atoms. The third-order valence-corrected chi connectivity index (χ3v) is 6.65. The fourth-order valence-corrected chi connectivity index (χ4v) is 4.65. The minimum absolute atomic E-state index is 0.159. The summed E-state index contributed by atoms with van der Waals surface area (Å²) >= 11 is 0. The number of sulfone groups is 1. The first kappa shape index (κ1) is 22.9. The van der Waals surface area contributed by atoms with Crippen LogP contribution in [-0.4, -0.2) is 41.8 Å². The normalized spacial score (nSPS) is 15.4. The number of amides is 1. The van der Waals surface area contributed by atoms with Crippen LogP contribution < -0.4 is 10.9 Å². The maximum atomic E-state index is 13.5. The Balaban J connectivity index is 1.98. The van der Waals surface area contributed by atoms with Gasteiger partial charge >= 0.3 is 0 Å². The minimum atomic E-state index is -3.74. The summed E-state index contributed by atoms with van der Waals surface area (Å²) in [6.45, 7) is 3.95. The summed E-state index contributed by atoms with van der Waals surface area (Å²) in [5, 5.41) is 12.8. The number of carbonyl (C=O) groups is 1. The zero-order chi connectivity index (χ0) is 23.0. The van der Waals surface area contributed by atoms with Gasteiger partial charge in [0.25, 0.3) is 11.5 Å². The van der Waals surface area contributed by atoms with Crippen LogP contribution in [-0.2, 0) is 33.3 Å². The number of hydrogen-bond acceptors (Lipinski definition) is 7. The topological polar surface area (TPSA) is 128 Å². The monoisotopic (exact) mass is 453 g/mol. The summed E-state index contributed by atoms with van der Waals surface area (Å²) < 4.78 is 44.5. The van der Waals surface area contributed by atoms with Gasteiger partial charge in [-0.2, -0.15) is 0 Å². The first-order valence-electron chi connectivity index (χ1n) is 9.79. The predicted molar refractivity (Wildman–Crippen MR) is 109 cm³/mol. The van der Waals surface area contributed by atoms with Gasteiger partial charge in [0.2, 0.25) is 5.75 Å². The van der Waals surface area contributed by atoms with Crippen molar-refractivity contribution in [3.05, 3.63) is 51.5 Å². The van der Waals surface area contributed by atoms with Gasteiger partial charge in [-0.3, -0.25) is 14.2 Å². The van der Waals surface area contributed by atoms with E-state index in [4.69, 9.17) is 4.74 Å². The summed E-state index contributed by atoms with van der Waals surface area (Å²) in [5.41, 5.74) is -1.92. The summed E-state index contributed by atoms with van der Waals surface area (Å²) in [5.74, 6) is -2.14. The molecule has 0 saturated heterocycles. The Morgan fingerprint density at radius 2 is 2.03 bits per heavy atom. The molecule has 0 saturated carbocycles. The SMILES string of the molecule is CCC1(CC)OCCn2c1nc(C(=O)NCc1ccc(F)cc1S(C)(=O)=O)c(O)c2=O. The number of halogens is 1. The van der Waals surface area contributed by atoms with Crippen molar-refractivity contribution in [2.75, 3.05) is 12.9 Å². The minimum Gasteiger partial charge on any atom is -0.501 e. The van der Waals surface area contributed by atoms with Crippen LogP contribution in [0, 0.1) is 5.82 Å². The molecule has 0 bridgehead atoms. The quantitative estimate of drug-likeness (QED) is 0.678. The van der Waals surface area contributed by atoms with E-state index in [0.29, 0.717) is 12.8 Å². The van der Waals surface area contributed by atoms with Crippen LogP contribution in [0.1, 0.15) is 48.6 Å². The zero-order valence-corrected chi connectivity index (χ0v) is 18.3. The molecule has 0 radical (unpaired) electrons. The van der Waals surface area contributed by atoms with Crippen LogP contribution in [0.4, 0.5) is 4.39 Å². The van der Waals surface area contributed by atoms with Crippen molar-refractivity contribution in [1.29, 1.82) is 0 Å². The molecule has 1 aliphatic rings. The molecule has 0 fully saturated rings. The summed E-state index contributed by atoms with van der Waals surface area (Å²) in [6.07, 6.45) is 1.95. The highest BCUT2D eigenvalue weighted by atomic mass is 32.2. The van der Waals surface area contributed by atoms with E-state index in [1.807, 2.05) is 13.8 Å². The Morgan fingerprint density at radius 1 is 1.35 bits per heavy atom. The lowest BCUT2D eigenvalue weighted by Crippen LogP contribution is -2.44. The van der Waals surface area contributed by atoms with Crippen molar-refractivity contribution in [2.45, 2.75) is 50.3 Å². The summed E-state index contributed by atoms with van der Waals surface area (Å²) in [4.78, 5) is 29.4. The molecule has 168 valence electrons. The van der Waals surface area contributed by atoms with E-state index >= 15 is 0 Å². The van der Waals surface area contributed by atoms with Crippen LogP contribution >= 0.6 is 0 Å². The van der Waals surface area contributed by atoms with Crippen molar-refractivity contribution in [3.63, 3.8) is 0 Å². The fraction of sp³-hybridized carbons (Fsp3) is 0.450. The molecule has 1 aromatic heterocycles. The number of ether oxygens (including phenoxy) is 1. The lowest BCUT2D eigenvalue weighted by atomic mass is 9.94. The van der Waals surface area contributed by atoms with E-state index in [1.165, 1.54) is 10.6 Å². The lowest BCUT2D eigenvalue weighted by molar-refractivity contribution is -0.0890. The van der Waals surface area contributed by atoms with Gasteiger partial charge in [0.1, 0.15) is 17.2 Å². The van der Waals surface area contributed by atoms with Gasteiger partial charge in [0.05, 0.1) is 18.0 Å². The molecule has 3 rings (SSSR count). The van der Waals surface area contributed by atoms with Crippen LogP contribution in [0.15, 0.2) is 27.9 Å². The molecule has 1 aliphatic heterocycles. The van der Waals surface area contributed by atoms with Crippen LogP contribution in [0.3, 0.4) is 0 Å². The second-order valence-corrected chi connectivity index (χ2v) is 9.33. The second-order valence-electron chi connectivity index (χ2n) is 7.35. The number of nitrogens with zero attached hydrogens (tertiary/aromatic N) is 2. The maximum absolute atomic E-state index is 13.5. The van der Waals surface area contributed by atoms with Crippen molar-refractivity contribution in [2.24, 2.45) is 0 Å². The predicted octanol–water partition coefficient (Wildman–Crippen LogP) is 1.47. The first-order chi connectivity index (χ1) is 14.5. The number of hydrogen-bond donors (Lipinski definition) is 2. The van der Waals surface area contributed by atoms with E-state index in [2.05, 4.69) is 10.3 Å². The van der Waals surface area contributed by atoms with E-state index < -0.39 is 44.2 Å². The van der Waals surface area contributed by atoms with Gasteiger partial charge in [0, 0.05) is 12.8 Å². The summed E-state index contributed by atoms with van der Waals surface area (Å²) in [6, 6.07) is 3.19. The van der Waals surface area contributed by atoms with E-state index in [-0.39, 0.29) is 36.0 Å². The maximum Gasteiger partial charge on any atom is 0.296 e. The van der Waals surface area contributed by atoms with Crippen molar-refractivity contribution < 1.29 is 27.4 Å². The fourth-order valence-electron chi connectivity index (χ4n) is 3.70. The molecule has 2 heterocycles. The second kappa shape index (κ2) is 8.39. The third kappa shape index (κ3) is 4.19. The number of aromatic nitrogens is 2. The lowest BCUT2D eigenvalue weighted by Gasteiger charge is -2.37. The highest BCUT2D eigenvalue weighted by molar-refractivity contribution is 7.90. The van der Waals surface area contributed by atoms with Gasteiger partial charge in [-0.05, 0) is 30.5 Å². The Labute approximate surface area is 178 Å². The van der Waals surface area contributed by atoms with Gasteiger partial charge in [-0.1, -0.05) is 19.9 Å². The van der Waals surface area contributed by atoms with Crippen LogP contribution in [0.5, 0.6) is 5.75 Å². The average Bonchev–Trinajstić information content (AvgIpc) is 2.74. The molecular formula is C20H24FN3O6S. The molecule has 2 aromatic rings. The molecule has 0 unspecified atom stereocenters. The third-order valence-electron chi connectivity index (χ3n) is 5.47. The van der Waals surface area contributed by atoms with Crippen molar-refractivity contribution in [1.82, 2.24) is 14.9 Å². The number of nitrogens with one attached hydrogen (secondary N) is 1. The van der Waals surface area contributed by atoms with Gasteiger partial charge in [-0.25, -0.2) is 17.8 Å². The molecule has 11 heteroatoms. The molecule has 0 atom stereocenters. The smallest absolute Gasteiger partial charge is 0.296 e. The van der Waals surface area contributed by atoms with Gasteiger partial charge in [-0.15, -0.1) is 0 Å². The molecule has 31 heavy (non-hydrogen) atoms. The highest BCUT2D eigenvalue weighted by Crippen LogP contribution is 2.34. The number of carbonyl (C=O) groups excluding carboxylic acids is 1. The highest BCUT2D eigenvalue weighted by Gasteiger charge is 2.39. The molecule has 9 nitrogen and oxygen atoms in total. The number of aromatic hydroxyl groups is 1. The Hall–Kier alpha value is -2.79. The number of fused-ring (bicyclic) bond motifs is 1. The molecule has 1 aromatic carbocycles. The van der Waals surface area contributed by atoms with Crippen molar-refractivity contribution in [3.8, 4) is 5.75 Å². The number of rotatable bonds is 6. The van der Waals surface area contributed by atoms with E-state index in [1.54, 1.807) is 0 Å². The molecule has 2 N–H and O–H groups in total. The largest absolute Gasteiger partial charge is 0.501 e. The van der Waals surface area contributed by atoms with E-state index in [9.17, 15) is 27.5 Å². The zero-order valence-electron chi connectivity index (χ0n) is 17.4. The Kier molecular flexibility index (Phi) is 6.19. The van der Waals surface area contributed by atoms with E-state index in [0.717, 1.165) is 18.4 Å². The standard InChI is InChI=1S/C20H24FN3O6S/c1-4-20(5-2)19-23-15(16(25)18(27)24(19)8-9-30-20)17(26)22-11-12-6-7-13(21)10-14(12)31(3,28)29/h6-7,10,25H,4-5,8-9,11H2,1-3H3,(H,22,26). The van der Waals surface area contributed by atoms with Crippen LogP contribution in [0.25, 0.3) is 0 Å². The van der Waals surface area contributed by atoms with Crippen molar-refractivity contribution >= 4 is 15.7 Å². The van der Waals surface area contributed by atoms with Gasteiger partial charge < -0.3 is 15.2 Å². The van der Waals surface area contributed by atoms with Crippen LogP contribution in [0.2, 0.25) is 0 Å². The average molecular weight is 453 g/mol. The molecule has 0 aliphatic carbocycles. The summed E-state index contributed by atoms with van der Waals surface area (Å²) in [7, 11) is -3.74. The first-order valence-corrected chi connectivity index (χ1v) is 11.7. The Morgan fingerprint density at radius 3 is 2.65 bits per heavy atom.